The van der Waals surface area contributed by atoms with Gasteiger partial charge in [-0.1, -0.05) is 18.2 Å². The molecular formula is C19H24Cl2N4O2. The smallest absolute Gasteiger partial charge is 0.253 e. The van der Waals surface area contributed by atoms with Crippen molar-refractivity contribution in [2.45, 2.75) is 19.4 Å². The van der Waals surface area contributed by atoms with E-state index in [1.165, 1.54) is 0 Å². The van der Waals surface area contributed by atoms with Gasteiger partial charge in [-0.2, -0.15) is 0 Å². The highest BCUT2D eigenvalue weighted by Crippen LogP contribution is 2.18. The molecule has 3 N–H and O–H groups in total. The number of amides is 2. The fraction of sp³-hybridized carbons (Fsp3) is 0.316. The van der Waals surface area contributed by atoms with E-state index in [-0.39, 0.29) is 42.5 Å². The number of nitrogens with one attached hydrogen (secondary N) is 3. The van der Waals surface area contributed by atoms with Crippen LogP contribution in [0.25, 0.3) is 0 Å². The lowest BCUT2D eigenvalue weighted by molar-refractivity contribution is -0.120. The highest BCUT2D eigenvalue weighted by Gasteiger charge is 2.22. The third-order valence-corrected chi connectivity index (χ3v) is 4.27. The van der Waals surface area contributed by atoms with E-state index in [1.54, 1.807) is 30.6 Å². The molecule has 1 aromatic carbocycles. The van der Waals surface area contributed by atoms with Gasteiger partial charge >= 0.3 is 0 Å². The summed E-state index contributed by atoms with van der Waals surface area (Å²) in [6, 6.07) is 10.8. The summed E-state index contributed by atoms with van der Waals surface area (Å²) >= 11 is 0. The maximum Gasteiger partial charge on any atom is 0.253 e. The number of rotatable bonds is 5. The Balaban J connectivity index is 0.00000182. The molecule has 146 valence electrons. The van der Waals surface area contributed by atoms with Gasteiger partial charge < -0.3 is 16.0 Å². The molecule has 1 unspecified atom stereocenters. The van der Waals surface area contributed by atoms with Gasteiger partial charge in [0.25, 0.3) is 5.91 Å². The summed E-state index contributed by atoms with van der Waals surface area (Å²) in [5, 5.41) is 9.00. The van der Waals surface area contributed by atoms with E-state index in [0.717, 1.165) is 24.9 Å². The maximum atomic E-state index is 12.5. The van der Waals surface area contributed by atoms with Crippen LogP contribution in [-0.2, 0) is 11.3 Å². The van der Waals surface area contributed by atoms with Crippen molar-refractivity contribution in [2.75, 3.05) is 18.4 Å². The van der Waals surface area contributed by atoms with Gasteiger partial charge in [-0.25, -0.2) is 0 Å². The van der Waals surface area contributed by atoms with Crippen molar-refractivity contribution in [1.82, 2.24) is 15.6 Å². The van der Waals surface area contributed by atoms with Gasteiger partial charge in [-0.15, -0.1) is 24.8 Å². The fourth-order valence-corrected chi connectivity index (χ4v) is 2.88. The summed E-state index contributed by atoms with van der Waals surface area (Å²) < 4.78 is 0. The van der Waals surface area contributed by atoms with E-state index < -0.39 is 0 Å². The molecule has 1 fully saturated rings. The Morgan fingerprint density at radius 3 is 2.67 bits per heavy atom. The van der Waals surface area contributed by atoms with E-state index in [4.69, 9.17) is 0 Å². The summed E-state index contributed by atoms with van der Waals surface area (Å²) in [7, 11) is 0. The zero-order valence-electron chi connectivity index (χ0n) is 14.8. The molecule has 1 aromatic heterocycles. The third-order valence-electron chi connectivity index (χ3n) is 4.27. The molecule has 1 atom stereocenters. The first-order valence-corrected chi connectivity index (χ1v) is 8.52. The minimum Gasteiger partial charge on any atom is -0.348 e. The second-order valence-corrected chi connectivity index (χ2v) is 6.12. The van der Waals surface area contributed by atoms with Gasteiger partial charge in [0.1, 0.15) is 0 Å². The monoisotopic (exact) mass is 410 g/mol. The third kappa shape index (κ3) is 6.50. The van der Waals surface area contributed by atoms with Crippen molar-refractivity contribution in [3.63, 3.8) is 0 Å². The van der Waals surface area contributed by atoms with Crippen molar-refractivity contribution in [3.05, 3.63) is 59.9 Å². The number of halogens is 2. The second kappa shape index (κ2) is 11.5. The minimum atomic E-state index is -0.221. The van der Waals surface area contributed by atoms with Gasteiger partial charge in [-0.3, -0.25) is 14.6 Å². The number of hydrogen-bond donors (Lipinski definition) is 3. The van der Waals surface area contributed by atoms with E-state index in [1.807, 2.05) is 18.2 Å². The average Bonchev–Trinajstić information content (AvgIpc) is 2.68. The van der Waals surface area contributed by atoms with Crippen molar-refractivity contribution < 1.29 is 9.59 Å². The predicted molar refractivity (Wildman–Crippen MR) is 111 cm³/mol. The van der Waals surface area contributed by atoms with Crippen LogP contribution in [0.15, 0.2) is 48.8 Å². The van der Waals surface area contributed by atoms with E-state index in [0.29, 0.717) is 24.3 Å². The molecule has 3 rings (SSSR count). The van der Waals surface area contributed by atoms with Crippen molar-refractivity contribution in [2.24, 2.45) is 5.92 Å². The Kier molecular flexibility index (Phi) is 9.78. The largest absolute Gasteiger partial charge is 0.348 e. The van der Waals surface area contributed by atoms with Crippen LogP contribution in [-0.4, -0.2) is 29.9 Å². The normalized spacial score (nSPS) is 15.6. The van der Waals surface area contributed by atoms with Crippen LogP contribution < -0.4 is 16.0 Å². The van der Waals surface area contributed by atoms with E-state index >= 15 is 0 Å². The Morgan fingerprint density at radius 2 is 1.96 bits per heavy atom. The van der Waals surface area contributed by atoms with Gasteiger partial charge in [-0.05, 0) is 43.1 Å². The van der Waals surface area contributed by atoms with Crippen molar-refractivity contribution in [3.8, 4) is 0 Å². The highest BCUT2D eigenvalue weighted by molar-refractivity contribution is 6.04. The molecule has 0 aliphatic carbocycles. The molecule has 2 heterocycles. The molecule has 0 saturated carbocycles. The standard InChI is InChI=1S/C19H22N4O2.2ClH/c24-18(15-6-4-10-21-13-15)23-17-8-2-1-7-16(17)19(25)22-12-14-5-3-9-20-11-14;;/h1-3,5,7-9,11,15,21H,4,6,10,12-13H2,(H,22,25)(H,23,24);2*1H. The summed E-state index contributed by atoms with van der Waals surface area (Å²) in [4.78, 5) is 29.0. The summed E-state index contributed by atoms with van der Waals surface area (Å²) in [6.07, 6.45) is 5.26. The zero-order valence-corrected chi connectivity index (χ0v) is 16.4. The van der Waals surface area contributed by atoms with Crippen LogP contribution in [0.5, 0.6) is 0 Å². The average molecular weight is 411 g/mol. The molecule has 0 radical (unpaired) electrons. The molecule has 0 bridgehead atoms. The quantitative estimate of drug-likeness (QED) is 0.707. The maximum absolute atomic E-state index is 12.5. The summed E-state index contributed by atoms with van der Waals surface area (Å²) in [6.45, 7) is 2.03. The molecular weight excluding hydrogens is 387 g/mol. The molecule has 0 spiro atoms. The lowest BCUT2D eigenvalue weighted by Crippen LogP contribution is -2.37. The number of aromatic nitrogens is 1. The Labute approximate surface area is 171 Å². The first-order valence-electron chi connectivity index (χ1n) is 8.52. The van der Waals surface area contributed by atoms with Crippen molar-refractivity contribution in [1.29, 1.82) is 0 Å². The fourth-order valence-electron chi connectivity index (χ4n) is 2.88. The number of nitrogens with zero attached hydrogens (tertiary/aromatic N) is 1. The molecule has 8 heteroatoms. The van der Waals surface area contributed by atoms with E-state index in [2.05, 4.69) is 20.9 Å². The number of piperidine rings is 1. The number of anilines is 1. The SMILES string of the molecule is Cl.Cl.O=C(NCc1cccnc1)c1ccccc1NC(=O)C1CCCNC1. The van der Waals surface area contributed by atoms with Crippen LogP contribution in [0, 0.1) is 5.92 Å². The number of para-hydroxylation sites is 1. The second-order valence-electron chi connectivity index (χ2n) is 6.12. The Morgan fingerprint density at radius 1 is 1.15 bits per heavy atom. The summed E-state index contributed by atoms with van der Waals surface area (Å²) in [5.74, 6) is -0.318. The van der Waals surface area contributed by atoms with Gasteiger partial charge in [0.15, 0.2) is 0 Å². The van der Waals surface area contributed by atoms with Crippen molar-refractivity contribution >= 4 is 42.3 Å². The van der Waals surface area contributed by atoms with Gasteiger partial charge in [0.05, 0.1) is 17.2 Å². The van der Waals surface area contributed by atoms with Crippen LogP contribution in [0.2, 0.25) is 0 Å². The molecule has 2 aromatic rings. The van der Waals surface area contributed by atoms with Crippen LogP contribution >= 0.6 is 24.8 Å². The minimum absolute atomic E-state index is 0. The van der Waals surface area contributed by atoms with Gasteiger partial charge in [0.2, 0.25) is 5.91 Å². The molecule has 1 aliphatic heterocycles. The summed E-state index contributed by atoms with van der Waals surface area (Å²) in [5.41, 5.74) is 1.93. The molecule has 1 saturated heterocycles. The number of hydrogen-bond acceptors (Lipinski definition) is 4. The number of carbonyl (C=O) groups is 2. The first kappa shape index (κ1) is 22.9. The predicted octanol–water partition coefficient (Wildman–Crippen LogP) is 2.79. The number of carbonyl (C=O) groups excluding carboxylic acids is 2. The van der Waals surface area contributed by atoms with Gasteiger partial charge in [0, 0.05) is 25.5 Å². The highest BCUT2D eigenvalue weighted by atomic mass is 35.5. The van der Waals surface area contributed by atoms with Crippen LogP contribution in [0.1, 0.15) is 28.8 Å². The van der Waals surface area contributed by atoms with E-state index in [9.17, 15) is 9.59 Å². The Bertz CT molecular complexity index is 737. The number of pyridine rings is 1. The molecule has 2 amide bonds. The van der Waals surface area contributed by atoms with Crippen LogP contribution in [0.4, 0.5) is 5.69 Å². The lowest BCUT2D eigenvalue weighted by atomic mass is 9.98. The zero-order chi connectivity index (χ0) is 17.5. The molecule has 1 aliphatic rings. The van der Waals surface area contributed by atoms with Crippen LogP contribution in [0.3, 0.4) is 0 Å². The topological polar surface area (TPSA) is 83.1 Å². The lowest BCUT2D eigenvalue weighted by Gasteiger charge is -2.22. The molecule has 6 nitrogen and oxygen atoms in total. The number of benzene rings is 1. The first-order chi connectivity index (χ1) is 12.2. The molecule has 27 heavy (non-hydrogen) atoms. The Hall–Kier alpha value is -2.15.